The molecule has 1 aliphatic rings. The molecule has 2 unspecified atom stereocenters. The number of carbonyl (C=O) groups excluding carboxylic acids is 1. The Labute approximate surface area is 179 Å². The molecule has 7 heteroatoms. The van der Waals surface area contributed by atoms with Gasteiger partial charge in [-0.2, -0.15) is 13.2 Å². The van der Waals surface area contributed by atoms with Crippen molar-refractivity contribution < 1.29 is 18.0 Å². The van der Waals surface area contributed by atoms with Crippen LogP contribution in [0.3, 0.4) is 0 Å². The number of hydrogen-bond donors (Lipinski definition) is 1. The topological polar surface area (TPSA) is 46.3 Å². The van der Waals surface area contributed by atoms with E-state index in [0.29, 0.717) is 13.0 Å². The van der Waals surface area contributed by atoms with Crippen molar-refractivity contribution in [3.8, 4) is 0 Å². The van der Waals surface area contributed by atoms with E-state index in [1.165, 1.54) is 12.1 Å². The van der Waals surface area contributed by atoms with Crippen LogP contribution >= 0.6 is 11.8 Å². The van der Waals surface area contributed by atoms with Gasteiger partial charge in [0.25, 0.3) is 0 Å². The van der Waals surface area contributed by atoms with Crippen molar-refractivity contribution >= 4 is 23.4 Å². The number of hydrogen-bond acceptors (Lipinski definition) is 3. The number of carbonyl (C=O) groups is 1. The second-order valence-corrected chi connectivity index (χ2v) is 8.66. The first-order chi connectivity index (χ1) is 14.2. The van der Waals surface area contributed by atoms with Crippen molar-refractivity contribution in [2.24, 2.45) is 5.73 Å². The molecule has 0 spiro atoms. The Balaban J connectivity index is 1.80. The zero-order chi connectivity index (χ0) is 21.9. The van der Waals surface area contributed by atoms with E-state index in [0.717, 1.165) is 40.9 Å². The lowest BCUT2D eigenvalue weighted by Crippen LogP contribution is -2.49. The maximum absolute atomic E-state index is 13.2. The van der Waals surface area contributed by atoms with E-state index in [1.807, 2.05) is 43.5 Å². The lowest BCUT2D eigenvalue weighted by Gasteiger charge is -2.28. The molecule has 1 amide bonds. The number of amides is 1. The molecule has 0 bridgehead atoms. The monoisotopic (exact) mass is 434 g/mol. The number of anilines is 1. The molecule has 160 valence electrons. The summed E-state index contributed by atoms with van der Waals surface area (Å²) in [7, 11) is 0. The molecule has 1 heterocycles. The molecule has 2 aromatic rings. The Bertz CT molecular complexity index is 917. The van der Waals surface area contributed by atoms with Crippen molar-refractivity contribution in [2.75, 3.05) is 11.4 Å². The first kappa shape index (κ1) is 22.4. The molecule has 0 saturated heterocycles. The van der Waals surface area contributed by atoms with Gasteiger partial charge in [-0.25, -0.2) is 0 Å². The predicted octanol–water partition coefficient (Wildman–Crippen LogP) is 5.24. The summed E-state index contributed by atoms with van der Waals surface area (Å²) in [5.74, 6) is -0.175. The van der Waals surface area contributed by atoms with Gasteiger partial charge in [0.15, 0.2) is 0 Å². The summed E-state index contributed by atoms with van der Waals surface area (Å²) in [6, 6.07) is 10.2. The number of allylic oxidation sites excluding steroid dienone is 1. The van der Waals surface area contributed by atoms with Crippen molar-refractivity contribution in [1.82, 2.24) is 0 Å². The molecule has 0 fully saturated rings. The highest BCUT2D eigenvalue weighted by Gasteiger charge is 2.31. The van der Waals surface area contributed by atoms with E-state index >= 15 is 0 Å². The smallest absolute Gasteiger partial charge is 0.319 e. The number of alkyl halides is 3. The van der Waals surface area contributed by atoms with Crippen LogP contribution in [0.1, 0.15) is 28.7 Å². The molecule has 0 aromatic heterocycles. The Morgan fingerprint density at radius 1 is 1.17 bits per heavy atom. The Morgan fingerprint density at radius 3 is 2.43 bits per heavy atom. The van der Waals surface area contributed by atoms with E-state index in [-0.39, 0.29) is 11.2 Å². The highest BCUT2D eigenvalue weighted by Crippen LogP contribution is 2.30. The summed E-state index contributed by atoms with van der Waals surface area (Å²) in [6.45, 7) is 4.32. The van der Waals surface area contributed by atoms with Gasteiger partial charge in [-0.05, 0) is 73.1 Å². The van der Waals surface area contributed by atoms with Gasteiger partial charge in [-0.15, -0.1) is 11.8 Å². The zero-order valence-electron chi connectivity index (χ0n) is 16.9. The molecule has 30 heavy (non-hydrogen) atoms. The average Bonchev–Trinajstić information content (AvgIpc) is 3.24. The fourth-order valence-corrected chi connectivity index (χ4v) is 4.27. The zero-order valence-corrected chi connectivity index (χ0v) is 17.8. The van der Waals surface area contributed by atoms with Crippen LogP contribution in [-0.2, 0) is 17.4 Å². The fraction of sp³-hybridized carbons (Fsp3) is 0.348. The Morgan fingerprint density at radius 2 is 1.87 bits per heavy atom. The number of rotatable bonds is 6. The van der Waals surface area contributed by atoms with Crippen LogP contribution < -0.4 is 10.6 Å². The lowest BCUT2D eigenvalue weighted by molar-refractivity contribution is -0.137. The maximum Gasteiger partial charge on any atom is 0.416 e. The molecule has 2 atom stereocenters. The summed E-state index contributed by atoms with van der Waals surface area (Å²) in [5.41, 5.74) is 9.27. The van der Waals surface area contributed by atoms with Crippen molar-refractivity contribution in [3.63, 3.8) is 0 Å². The molecule has 0 aliphatic carbocycles. The van der Waals surface area contributed by atoms with E-state index in [4.69, 9.17) is 5.73 Å². The molecule has 2 N–H and O–H groups in total. The first-order valence-electron chi connectivity index (χ1n) is 9.77. The highest BCUT2D eigenvalue weighted by molar-refractivity contribution is 8.03. The summed E-state index contributed by atoms with van der Waals surface area (Å²) in [4.78, 5) is 14.9. The van der Waals surface area contributed by atoms with E-state index in [1.54, 1.807) is 16.7 Å². The average molecular weight is 435 g/mol. The first-order valence-corrected chi connectivity index (χ1v) is 10.7. The van der Waals surface area contributed by atoms with Crippen molar-refractivity contribution in [2.45, 2.75) is 44.2 Å². The normalized spacial score (nSPS) is 17.2. The fourth-order valence-electron chi connectivity index (χ4n) is 3.33. The molecular formula is C23H25F3N2OS. The van der Waals surface area contributed by atoms with E-state index in [9.17, 15) is 18.0 Å². The number of aryl methyl sites for hydroxylation is 2. The van der Waals surface area contributed by atoms with Crippen molar-refractivity contribution in [1.29, 1.82) is 0 Å². The van der Waals surface area contributed by atoms with Gasteiger partial charge in [0.05, 0.1) is 11.6 Å². The molecule has 3 nitrogen and oxygen atoms in total. The van der Waals surface area contributed by atoms with E-state index in [2.05, 4.69) is 0 Å². The van der Waals surface area contributed by atoms with Crippen LogP contribution in [-0.4, -0.2) is 23.7 Å². The van der Waals surface area contributed by atoms with Crippen LogP contribution in [0.25, 0.3) is 0 Å². The molecule has 1 aliphatic heterocycles. The Kier molecular flexibility index (Phi) is 6.93. The number of thioether (sulfide) groups is 1. The number of nitrogens with two attached hydrogens (primary N) is 1. The summed E-state index contributed by atoms with van der Waals surface area (Å²) >= 11 is 1.56. The van der Waals surface area contributed by atoms with Crippen LogP contribution in [0.5, 0.6) is 0 Å². The van der Waals surface area contributed by atoms with Gasteiger partial charge in [0.2, 0.25) is 5.91 Å². The second-order valence-electron chi connectivity index (χ2n) is 7.51. The minimum Gasteiger partial charge on any atom is -0.319 e. The van der Waals surface area contributed by atoms with Gasteiger partial charge >= 0.3 is 6.18 Å². The van der Waals surface area contributed by atoms with Gasteiger partial charge in [0, 0.05) is 17.5 Å². The SMILES string of the molecule is Cc1ccc(N(CCc2ccc(C(F)(F)F)cc2)C(=O)C(N)C2CC=CS2)cc1C. The van der Waals surface area contributed by atoms with Crippen LogP contribution in [0.4, 0.5) is 18.9 Å². The number of halogens is 3. The lowest BCUT2D eigenvalue weighted by atomic mass is 10.0. The summed E-state index contributed by atoms with van der Waals surface area (Å²) in [6.07, 6.45) is -1.18. The second kappa shape index (κ2) is 9.27. The number of benzene rings is 2. The minimum atomic E-state index is -4.36. The minimum absolute atomic E-state index is 0.00221. The quantitative estimate of drug-likeness (QED) is 0.676. The third-order valence-electron chi connectivity index (χ3n) is 5.38. The van der Waals surface area contributed by atoms with Crippen LogP contribution in [0, 0.1) is 13.8 Å². The molecule has 0 radical (unpaired) electrons. The summed E-state index contributed by atoms with van der Waals surface area (Å²) in [5, 5.41) is 1.96. The molecule has 3 rings (SSSR count). The highest BCUT2D eigenvalue weighted by atomic mass is 32.2. The van der Waals surface area contributed by atoms with Gasteiger partial charge in [0.1, 0.15) is 0 Å². The third-order valence-corrected chi connectivity index (χ3v) is 6.56. The summed E-state index contributed by atoms with van der Waals surface area (Å²) < 4.78 is 38.4. The van der Waals surface area contributed by atoms with Gasteiger partial charge < -0.3 is 10.6 Å². The standard InChI is InChI=1S/C23H25F3N2OS/c1-15-5-10-19(14-16(15)2)28(22(29)21(27)20-4-3-13-30-20)12-11-17-6-8-18(9-7-17)23(24,25)26/h3,5-10,13-14,20-21H,4,11-12,27H2,1-2H3. The maximum atomic E-state index is 13.2. The molecule has 2 aromatic carbocycles. The molecule has 0 saturated carbocycles. The van der Waals surface area contributed by atoms with E-state index < -0.39 is 17.8 Å². The Hall–Kier alpha value is -2.25. The van der Waals surface area contributed by atoms with Crippen LogP contribution in [0.2, 0.25) is 0 Å². The third kappa shape index (κ3) is 5.26. The van der Waals surface area contributed by atoms with Gasteiger partial charge in [-0.3, -0.25) is 4.79 Å². The number of nitrogens with zero attached hydrogens (tertiary/aromatic N) is 1. The van der Waals surface area contributed by atoms with Gasteiger partial charge in [-0.1, -0.05) is 24.3 Å². The van der Waals surface area contributed by atoms with Crippen LogP contribution in [0.15, 0.2) is 53.9 Å². The molecular weight excluding hydrogens is 409 g/mol. The largest absolute Gasteiger partial charge is 0.416 e. The van der Waals surface area contributed by atoms with Crippen molar-refractivity contribution in [3.05, 3.63) is 76.2 Å². The predicted molar refractivity (Wildman–Crippen MR) is 117 cm³/mol.